The summed E-state index contributed by atoms with van der Waals surface area (Å²) in [5.41, 5.74) is 4.09. The molecule has 0 saturated carbocycles. The first kappa shape index (κ1) is 14.8. The van der Waals surface area contributed by atoms with E-state index in [1.54, 1.807) is 0 Å². The van der Waals surface area contributed by atoms with E-state index in [2.05, 4.69) is 28.0 Å². The lowest BCUT2D eigenvalue weighted by Gasteiger charge is -2.07. The van der Waals surface area contributed by atoms with E-state index in [0.717, 1.165) is 20.4 Å². The molecule has 0 atom stereocenters. The number of carbonyl (C=O) groups excluding carboxylic acids is 1. The van der Waals surface area contributed by atoms with Crippen LogP contribution in [0.25, 0.3) is 0 Å². The van der Waals surface area contributed by atoms with Crippen molar-refractivity contribution >= 4 is 28.5 Å². The van der Waals surface area contributed by atoms with Crippen molar-refractivity contribution in [1.82, 2.24) is 5.43 Å². The van der Waals surface area contributed by atoms with Crippen molar-refractivity contribution in [2.24, 2.45) is 5.84 Å². The predicted octanol–water partition coefficient (Wildman–Crippen LogP) is 2.40. The SMILES string of the molecule is NNC(=O)Cc1ccc(COc2cccc(I)c2)cc1. The van der Waals surface area contributed by atoms with Crippen LogP contribution in [0.2, 0.25) is 0 Å². The number of nitrogens with two attached hydrogens (primary N) is 1. The first-order valence-corrected chi connectivity index (χ1v) is 7.21. The van der Waals surface area contributed by atoms with Gasteiger partial charge in [0.25, 0.3) is 0 Å². The van der Waals surface area contributed by atoms with Gasteiger partial charge in [0.15, 0.2) is 0 Å². The van der Waals surface area contributed by atoms with E-state index in [1.165, 1.54) is 0 Å². The Kier molecular flexibility index (Phi) is 5.37. The summed E-state index contributed by atoms with van der Waals surface area (Å²) in [5, 5.41) is 0. The maximum Gasteiger partial charge on any atom is 0.238 e. The minimum Gasteiger partial charge on any atom is -0.489 e. The first-order chi connectivity index (χ1) is 9.67. The van der Waals surface area contributed by atoms with E-state index >= 15 is 0 Å². The fraction of sp³-hybridized carbons (Fsp3) is 0.133. The van der Waals surface area contributed by atoms with Crippen molar-refractivity contribution in [2.45, 2.75) is 13.0 Å². The number of hydrogen-bond donors (Lipinski definition) is 2. The molecule has 0 aliphatic rings. The van der Waals surface area contributed by atoms with Crippen molar-refractivity contribution in [3.63, 3.8) is 0 Å². The zero-order valence-electron chi connectivity index (χ0n) is 10.8. The van der Waals surface area contributed by atoms with Gasteiger partial charge in [0.2, 0.25) is 5.91 Å². The summed E-state index contributed by atoms with van der Waals surface area (Å²) in [6.45, 7) is 0.503. The molecule has 0 spiro atoms. The highest BCUT2D eigenvalue weighted by Gasteiger charge is 2.02. The largest absolute Gasteiger partial charge is 0.489 e. The Morgan fingerprint density at radius 2 is 1.85 bits per heavy atom. The van der Waals surface area contributed by atoms with Crippen LogP contribution in [0.3, 0.4) is 0 Å². The molecule has 0 fully saturated rings. The van der Waals surface area contributed by atoms with Gasteiger partial charge in [0.05, 0.1) is 6.42 Å². The topological polar surface area (TPSA) is 64.3 Å². The van der Waals surface area contributed by atoms with E-state index in [4.69, 9.17) is 10.6 Å². The first-order valence-electron chi connectivity index (χ1n) is 6.13. The third-order valence-corrected chi connectivity index (χ3v) is 3.42. The molecule has 4 nitrogen and oxygen atoms in total. The monoisotopic (exact) mass is 382 g/mol. The Bertz CT molecular complexity index is 585. The molecule has 1 amide bonds. The van der Waals surface area contributed by atoms with E-state index in [9.17, 15) is 4.79 Å². The maximum absolute atomic E-state index is 11.1. The van der Waals surface area contributed by atoms with Crippen LogP contribution in [0.1, 0.15) is 11.1 Å². The summed E-state index contributed by atoms with van der Waals surface area (Å²) in [6, 6.07) is 15.6. The molecular formula is C15H15IN2O2. The highest BCUT2D eigenvalue weighted by Crippen LogP contribution is 2.16. The van der Waals surface area contributed by atoms with Crippen molar-refractivity contribution in [2.75, 3.05) is 0 Å². The molecule has 0 saturated heterocycles. The molecule has 0 heterocycles. The van der Waals surface area contributed by atoms with Gasteiger partial charge < -0.3 is 4.74 Å². The number of amides is 1. The third-order valence-electron chi connectivity index (χ3n) is 2.75. The molecule has 2 aromatic carbocycles. The van der Waals surface area contributed by atoms with Gasteiger partial charge in [-0.25, -0.2) is 5.84 Å². The molecule has 20 heavy (non-hydrogen) atoms. The molecule has 0 bridgehead atoms. The number of hydrogen-bond acceptors (Lipinski definition) is 3. The zero-order chi connectivity index (χ0) is 14.4. The van der Waals surface area contributed by atoms with Gasteiger partial charge in [-0.2, -0.15) is 0 Å². The van der Waals surface area contributed by atoms with Crippen molar-refractivity contribution < 1.29 is 9.53 Å². The van der Waals surface area contributed by atoms with Crippen LogP contribution < -0.4 is 16.0 Å². The molecule has 2 rings (SSSR count). The van der Waals surface area contributed by atoms with Crippen molar-refractivity contribution in [3.05, 3.63) is 63.2 Å². The lowest BCUT2D eigenvalue weighted by molar-refractivity contribution is -0.120. The lowest BCUT2D eigenvalue weighted by atomic mass is 10.1. The summed E-state index contributed by atoms with van der Waals surface area (Å²) >= 11 is 2.25. The highest BCUT2D eigenvalue weighted by molar-refractivity contribution is 14.1. The van der Waals surface area contributed by atoms with Crippen molar-refractivity contribution in [3.8, 4) is 5.75 Å². The lowest BCUT2D eigenvalue weighted by Crippen LogP contribution is -2.31. The van der Waals surface area contributed by atoms with Crippen molar-refractivity contribution in [1.29, 1.82) is 0 Å². The summed E-state index contributed by atoms with van der Waals surface area (Å²) in [5.74, 6) is 5.70. The van der Waals surface area contributed by atoms with Crippen LogP contribution in [-0.4, -0.2) is 5.91 Å². The highest BCUT2D eigenvalue weighted by atomic mass is 127. The molecule has 0 aromatic heterocycles. The maximum atomic E-state index is 11.1. The predicted molar refractivity (Wildman–Crippen MR) is 86.0 cm³/mol. The van der Waals surface area contributed by atoms with Crippen LogP contribution in [0.5, 0.6) is 5.75 Å². The van der Waals surface area contributed by atoms with E-state index < -0.39 is 0 Å². The number of ether oxygens (including phenoxy) is 1. The average Bonchev–Trinajstić information content (AvgIpc) is 2.46. The number of carbonyl (C=O) groups is 1. The Labute approximate surface area is 131 Å². The molecule has 0 radical (unpaired) electrons. The molecule has 5 heteroatoms. The van der Waals surface area contributed by atoms with Crippen LogP contribution >= 0.6 is 22.6 Å². The number of rotatable bonds is 5. The fourth-order valence-corrected chi connectivity index (χ4v) is 2.23. The third kappa shape index (κ3) is 4.50. The minimum atomic E-state index is -0.201. The van der Waals surface area contributed by atoms with Gasteiger partial charge in [-0.3, -0.25) is 10.2 Å². The van der Waals surface area contributed by atoms with Crippen LogP contribution in [0.15, 0.2) is 48.5 Å². The van der Waals surface area contributed by atoms with Gasteiger partial charge in [-0.05, 0) is 51.9 Å². The average molecular weight is 382 g/mol. The van der Waals surface area contributed by atoms with Gasteiger partial charge in [-0.15, -0.1) is 0 Å². The van der Waals surface area contributed by atoms with E-state index in [0.29, 0.717) is 6.61 Å². The number of halogens is 1. The summed E-state index contributed by atoms with van der Waals surface area (Å²) in [4.78, 5) is 11.1. The smallest absolute Gasteiger partial charge is 0.238 e. The number of hydrazine groups is 1. The fourth-order valence-electron chi connectivity index (χ4n) is 1.71. The second-order valence-electron chi connectivity index (χ2n) is 4.31. The molecule has 104 valence electrons. The summed E-state index contributed by atoms with van der Waals surface area (Å²) < 4.78 is 6.85. The quantitative estimate of drug-likeness (QED) is 0.361. The van der Waals surface area contributed by atoms with Crippen LogP contribution in [0, 0.1) is 3.57 Å². The molecule has 0 aliphatic carbocycles. The Morgan fingerprint density at radius 3 is 2.50 bits per heavy atom. The Hall–Kier alpha value is -1.60. The molecule has 0 aliphatic heterocycles. The Morgan fingerprint density at radius 1 is 1.15 bits per heavy atom. The van der Waals surface area contributed by atoms with E-state index in [-0.39, 0.29) is 12.3 Å². The second-order valence-corrected chi connectivity index (χ2v) is 5.55. The Balaban J connectivity index is 1.92. The standard InChI is InChI=1S/C15H15IN2O2/c16-13-2-1-3-14(9-13)20-10-12-6-4-11(5-7-12)8-15(19)18-17/h1-7,9H,8,10,17H2,(H,18,19). The summed E-state index contributed by atoms with van der Waals surface area (Å²) in [6.07, 6.45) is 0.286. The van der Waals surface area contributed by atoms with Gasteiger partial charge >= 0.3 is 0 Å². The summed E-state index contributed by atoms with van der Waals surface area (Å²) in [7, 11) is 0. The van der Waals surface area contributed by atoms with Gasteiger partial charge in [0, 0.05) is 3.57 Å². The number of benzene rings is 2. The minimum absolute atomic E-state index is 0.201. The van der Waals surface area contributed by atoms with E-state index in [1.807, 2.05) is 48.5 Å². The molecular weight excluding hydrogens is 367 g/mol. The van der Waals surface area contributed by atoms with Crippen LogP contribution in [0.4, 0.5) is 0 Å². The van der Waals surface area contributed by atoms with Gasteiger partial charge in [-0.1, -0.05) is 30.3 Å². The molecule has 3 N–H and O–H groups in total. The zero-order valence-corrected chi connectivity index (χ0v) is 13.0. The molecule has 0 unspecified atom stereocenters. The number of nitrogens with one attached hydrogen (secondary N) is 1. The molecule has 2 aromatic rings. The normalized spacial score (nSPS) is 10.1. The second kappa shape index (κ2) is 7.25. The van der Waals surface area contributed by atoms with Gasteiger partial charge in [0.1, 0.15) is 12.4 Å². The van der Waals surface area contributed by atoms with Crippen LogP contribution in [-0.2, 0) is 17.8 Å².